The molecule has 1 rings (SSSR count). The monoisotopic (exact) mass is 188 g/mol. The van der Waals surface area contributed by atoms with Gasteiger partial charge in [-0.3, -0.25) is 0 Å². The lowest BCUT2D eigenvalue weighted by Gasteiger charge is -2.06. The first-order valence-corrected chi connectivity index (χ1v) is 4.22. The van der Waals surface area contributed by atoms with Crippen molar-refractivity contribution in [2.24, 2.45) is 0 Å². The number of carboxylic acids is 1. The largest absolute Gasteiger partial charge is 0.478 e. The lowest BCUT2D eigenvalue weighted by atomic mass is 9.99. The van der Waals surface area contributed by atoms with Crippen molar-refractivity contribution in [1.82, 2.24) is 0 Å². The fraction of sp³-hybridized carbons (Fsp3) is 0.0833. The molecule has 0 aliphatic carbocycles. The van der Waals surface area contributed by atoms with Crippen LogP contribution in [0, 0.1) is 0 Å². The van der Waals surface area contributed by atoms with Gasteiger partial charge in [0.25, 0.3) is 0 Å². The summed E-state index contributed by atoms with van der Waals surface area (Å²) < 4.78 is 0. The number of carbonyl (C=O) groups is 1. The molecular weight excluding hydrogens is 176 g/mol. The minimum atomic E-state index is -0.928. The summed E-state index contributed by atoms with van der Waals surface area (Å²) >= 11 is 0. The van der Waals surface area contributed by atoms with Gasteiger partial charge in [0.1, 0.15) is 0 Å². The van der Waals surface area contributed by atoms with Gasteiger partial charge in [-0.05, 0) is 30.2 Å². The van der Waals surface area contributed by atoms with E-state index in [0.717, 1.165) is 16.7 Å². The molecule has 0 heterocycles. The number of hydrogen-bond donors (Lipinski definition) is 1. The number of allylic oxidation sites excluding steroid dienone is 1. The van der Waals surface area contributed by atoms with Crippen LogP contribution in [-0.2, 0) is 0 Å². The Kier molecular flexibility index (Phi) is 2.87. The molecule has 14 heavy (non-hydrogen) atoms. The van der Waals surface area contributed by atoms with Crippen LogP contribution in [0.1, 0.15) is 28.4 Å². The maximum Gasteiger partial charge on any atom is 0.335 e. The fourth-order valence-corrected chi connectivity index (χ4v) is 1.24. The second kappa shape index (κ2) is 3.92. The van der Waals surface area contributed by atoms with Crippen molar-refractivity contribution in [2.75, 3.05) is 0 Å². The molecule has 0 unspecified atom stereocenters. The van der Waals surface area contributed by atoms with E-state index in [0.29, 0.717) is 0 Å². The second-order valence-electron chi connectivity index (χ2n) is 3.09. The first-order chi connectivity index (χ1) is 6.56. The Morgan fingerprint density at radius 2 is 2.14 bits per heavy atom. The van der Waals surface area contributed by atoms with Crippen molar-refractivity contribution in [1.29, 1.82) is 0 Å². The Hall–Kier alpha value is -1.83. The molecule has 0 amide bonds. The molecule has 0 atom stereocenters. The second-order valence-corrected chi connectivity index (χ2v) is 3.09. The quantitative estimate of drug-likeness (QED) is 0.791. The van der Waals surface area contributed by atoms with Gasteiger partial charge in [-0.1, -0.05) is 30.9 Å². The highest BCUT2D eigenvalue weighted by atomic mass is 16.4. The van der Waals surface area contributed by atoms with Crippen molar-refractivity contribution in [3.05, 3.63) is 48.0 Å². The molecule has 0 radical (unpaired) electrons. The summed E-state index contributed by atoms with van der Waals surface area (Å²) in [4.78, 5) is 10.7. The Morgan fingerprint density at radius 1 is 1.50 bits per heavy atom. The van der Waals surface area contributed by atoms with Gasteiger partial charge >= 0.3 is 5.97 Å². The summed E-state index contributed by atoms with van der Waals surface area (Å²) in [5.41, 5.74) is 2.85. The van der Waals surface area contributed by atoms with Crippen LogP contribution >= 0.6 is 0 Å². The molecule has 0 aliphatic heterocycles. The number of carboxylic acid groups (broad SMARTS) is 1. The van der Waals surface area contributed by atoms with E-state index in [1.165, 1.54) is 0 Å². The number of hydrogen-bond acceptors (Lipinski definition) is 1. The lowest BCUT2D eigenvalue weighted by Crippen LogP contribution is -1.98. The summed E-state index contributed by atoms with van der Waals surface area (Å²) in [5.74, 6) is -0.928. The highest BCUT2D eigenvalue weighted by Crippen LogP contribution is 2.20. The predicted molar refractivity (Wildman–Crippen MR) is 58.2 cm³/mol. The summed E-state index contributed by atoms with van der Waals surface area (Å²) in [7, 11) is 0. The van der Waals surface area contributed by atoms with Crippen LogP contribution in [-0.4, -0.2) is 11.1 Å². The SMILES string of the molecule is C=Cc1ccc(C(=O)O)cc1C(=C)C. The third kappa shape index (κ3) is 1.91. The van der Waals surface area contributed by atoms with Crippen LogP contribution in [0.25, 0.3) is 11.6 Å². The van der Waals surface area contributed by atoms with Crippen molar-refractivity contribution >= 4 is 17.6 Å². The molecule has 72 valence electrons. The summed E-state index contributed by atoms with van der Waals surface area (Å²) in [6.07, 6.45) is 1.69. The summed E-state index contributed by atoms with van der Waals surface area (Å²) in [6, 6.07) is 4.91. The van der Waals surface area contributed by atoms with E-state index >= 15 is 0 Å². The molecule has 0 aromatic heterocycles. The van der Waals surface area contributed by atoms with Crippen LogP contribution in [0.3, 0.4) is 0 Å². The van der Waals surface area contributed by atoms with Gasteiger partial charge < -0.3 is 5.11 Å². The highest BCUT2D eigenvalue weighted by Gasteiger charge is 2.06. The van der Waals surface area contributed by atoms with E-state index in [9.17, 15) is 4.79 Å². The van der Waals surface area contributed by atoms with Gasteiger partial charge in [-0.25, -0.2) is 4.79 Å². The maximum atomic E-state index is 10.7. The topological polar surface area (TPSA) is 37.3 Å². The van der Waals surface area contributed by atoms with Crippen LogP contribution in [0.15, 0.2) is 31.4 Å². The van der Waals surface area contributed by atoms with Gasteiger partial charge in [0.2, 0.25) is 0 Å². The Labute approximate surface area is 83.2 Å². The third-order valence-corrected chi connectivity index (χ3v) is 1.98. The van der Waals surface area contributed by atoms with Crippen LogP contribution in [0.5, 0.6) is 0 Å². The molecule has 1 aromatic carbocycles. The molecule has 2 nitrogen and oxygen atoms in total. The molecule has 0 saturated carbocycles. The Morgan fingerprint density at radius 3 is 2.57 bits per heavy atom. The molecule has 0 bridgehead atoms. The van der Waals surface area contributed by atoms with Crippen LogP contribution < -0.4 is 0 Å². The average Bonchev–Trinajstić information content (AvgIpc) is 2.16. The fourth-order valence-electron chi connectivity index (χ4n) is 1.24. The normalized spacial score (nSPS) is 9.50. The van der Waals surface area contributed by atoms with Gasteiger partial charge in [0.15, 0.2) is 0 Å². The molecular formula is C12H12O2. The Bertz CT molecular complexity index is 403. The number of rotatable bonds is 3. The minimum absolute atomic E-state index is 0.272. The van der Waals surface area contributed by atoms with Crippen molar-refractivity contribution in [3.63, 3.8) is 0 Å². The number of aromatic carboxylic acids is 1. The highest BCUT2D eigenvalue weighted by molar-refractivity contribution is 5.89. The standard InChI is InChI=1S/C12H12O2/c1-4-9-5-6-10(12(13)14)7-11(9)8(2)3/h4-7H,1-2H2,3H3,(H,13,14). The molecule has 2 heteroatoms. The summed E-state index contributed by atoms with van der Waals surface area (Å²) in [6.45, 7) is 9.29. The van der Waals surface area contributed by atoms with Crippen LogP contribution in [0.4, 0.5) is 0 Å². The van der Waals surface area contributed by atoms with E-state index < -0.39 is 5.97 Å². The zero-order chi connectivity index (χ0) is 10.7. The molecule has 1 aromatic rings. The van der Waals surface area contributed by atoms with E-state index in [1.807, 2.05) is 6.92 Å². The predicted octanol–water partition coefficient (Wildman–Crippen LogP) is 3.06. The first kappa shape index (κ1) is 10.3. The smallest absolute Gasteiger partial charge is 0.335 e. The van der Waals surface area contributed by atoms with Crippen LogP contribution in [0.2, 0.25) is 0 Å². The molecule has 0 saturated heterocycles. The average molecular weight is 188 g/mol. The van der Waals surface area contributed by atoms with Gasteiger partial charge in [0, 0.05) is 0 Å². The molecule has 0 fully saturated rings. The van der Waals surface area contributed by atoms with E-state index in [-0.39, 0.29) is 5.56 Å². The third-order valence-electron chi connectivity index (χ3n) is 1.98. The number of benzene rings is 1. The molecule has 0 spiro atoms. The maximum absolute atomic E-state index is 10.7. The van der Waals surface area contributed by atoms with Gasteiger partial charge in [0.05, 0.1) is 5.56 Å². The van der Waals surface area contributed by atoms with E-state index in [2.05, 4.69) is 13.2 Å². The zero-order valence-electron chi connectivity index (χ0n) is 8.08. The van der Waals surface area contributed by atoms with E-state index in [4.69, 9.17) is 5.11 Å². The lowest BCUT2D eigenvalue weighted by molar-refractivity contribution is 0.0697. The molecule has 1 N–H and O–H groups in total. The van der Waals surface area contributed by atoms with E-state index in [1.54, 1.807) is 24.3 Å². The van der Waals surface area contributed by atoms with Crippen molar-refractivity contribution < 1.29 is 9.90 Å². The summed E-state index contributed by atoms with van der Waals surface area (Å²) in [5, 5.41) is 8.80. The van der Waals surface area contributed by atoms with Gasteiger partial charge in [-0.2, -0.15) is 0 Å². The van der Waals surface area contributed by atoms with Crippen molar-refractivity contribution in [2.45, 2.75) is 6.92 Å². The van der Waals surface area contributed by atoms with Gasteiger partial charge in [-0.15, -0.1) is 0 Å². The zero-order valence-corrected chi connectivity index (χ0v) is 8.08. The first-order valence-electron chi connectivity index (χ1n) is 4.22. The minimum Gasteiger partial charge on any atom is -0.478 e. The van der Waals surface area contributed by atoms with Crippen molar-refractivity contribution in [3.8, 4) is 0 Å². The molecule has 0 aliphatic rings. The Balaban J connectivity index is 3.34.